The first kappa shape index (κ1) is 38.7. The molecular formula is C34H31N7O10S2. The van der Waals surface area contributed by atoms with E-state index in [1.54, 1.807) is 72.8 Å². The number of carbonyl (C=O) groups is 1. The predicted octanol–water partition coefficient (Wildman–Crippen LogP) is 11.2. The fourth-order valence-electron chi connectivity index (χ4n) is 4.73. The number of benzene rings is 5. The molecule has 5 N–H and O–H groups in total. The summed E-state index contributed by atoms with van der Waals surface area (Å²) in [5.41, 5.74) is 4.81. The zero-order valence-corrected chi connectivity index (χ0v) is 29.8. The third-order valence-electron chi connectivity index (χ3n) is 7.36. The van der Waals surface area contributed by atoms with Gasteiger partial charge in [-0.25, -0.2) is 10.5 Å². The highest BCUT2D eigenvalue weighted by Gasteiger charge is 2.16. The van der Waals surface area contributed by atoms with Crippen molar-refractivity contribution in [1.29, 1.82) is 0 Å². The fraction of sp³-hybridized carbons (Fsp3) is 0.147. The molecule has 0 amide bonds. The molecule has 274 valence electrons. The number of anilines is 1. The van der Waals surface area contributed by atoms with Gasteiger partial charge in [0, 0.05) is 28.6 Å². The number of methoxy groups -OCH3 is 1. The summed E-state index contributed by atoms with van der Waals surface area (Å²) in [6, 6.07) is 22.3. The topological polar surface area (TPSA) is 230 Å². The van der Waals surface area contributed by atoms with Crippen LogP contribution in [0, 0.1) is 13.8 Å². The molecule has 0 aliphatic carbocycles. The van der Waals surface area contributed by atoms with Crippen molar-refractivity contribution in [2.45, 2.75) is 30.1 Å². The standard InChI is InChI=1S/C34H31N7O10S2/c1-19-4-9-25(52-50-48-45)18-29(19)40-36-24-8-11-28(30(17-24)47-3)39-38-27-10-7-23(14-20(27)2)37-41-33-31(53-51-49-46)15-21-5-6-22(16-26(21)34(33)44)35-13-12-32(42)43/h4-11,14-18,35,44-46H,12-13H2,1-3H3,(H,42,43). The lowest BCUT2D eigenvalue weighted by molar-refractivity contribution is -0.432. The van der Waals surface area contributed by atoms with E-state index in [1.807, 2.05) is 19.9 Å². The Balaban J connectivity index is 1.33. The summed E-state index contributed by atoms with van der Waals surface area (Å²) in [6.07, 6.45) is -0.0788. The highest BCUT2D eigenvalue weighted by molar-refractivity contribution is 7.94. The maximum atomic E-state index is 11.2. The average Bonchev–Trinajstić information content (AvgIpc) is 3.15. The number of carboxylic acids is 1. The molecular weight excluding hydrogens is 731 g/mol. The van der Waals surface area contributed by atoms with Crippen LogP contribution in [0.3, 0.4) is 0 Å². The second kappa shape index (κ2) is 18.8. The first-order valence-electron chi connectivity index (χ1n) is 15.4. The minimum Gasteiger partial charge on any atom is -0.505 e. The normalized spacial score (nSPS) is 11.7. The van der Waals surface area contributed by atoms with Gasteiger partial charge in [0.05, 0.1) is 65.3 Å². The van der Waals surface area contributed by atoms with Crippen LogP contribution in [0.25, 0.3) is 10.8 Å². The molecule has 0 saturated carbocycles. The second-order valence-corrected chi connectivity index (χ2v) is 12.4. The molecule has 0 aliphatic rings. The Labute approximate surface area is 310 Å². The van der Waals surface area contributed by atoms with Gasteiger partial charge in [-0.15, -0.1) is 18.9 Å². The first-order chi connectivity index (χ1) is 25.7. The van der Waals surface area contributed by atoms with Crippen molar-refractivity contribution >= 4 is 80.6 Å². The van der Waals surface area contributed by atoms with Crippen molar-refractivity contribution in [1.82, 2.24) is 0 Å². The van der Waals surface area contributed by atoms with E-state index in [4.69, 9.17) is 20.4 Å². The number of rotatable bonds is 17. The van der Waals surface area contributed by atoms with Gasteiger partial charge in [0.2, 0.25) is 0 Å². The number of ether oxygens (including phenoxy) is 1. The van der Waals surface area contributed by atoms with Crippen molar-refractivity contribution in [2.75, 3.05) is 19.0 Å². The van der Waals surface area contributed by atoms with Gasteiger partial charge in [0.15, 0.2) is 5.75 Å². The molecule has 0 heterocycles. The molecule has 0 spiro atoms. The van der Waals surface area contributed by atoms with Crippen LogP contribution in [0.4, 0.5) is 39.8 Å². The van der Waals surface area contributed by atoms with Crippen molar-refractivity contribution < 1.29 is 49.0 Å². The van der Waals surface area contributed by atoms with Crippen LogP contribution in [0.15, 0.2) is 119 Å². The van der Waals surface area contributed by atoms with E-state index in [0.29, 0.717) is 72.5 Å². The average molecular weight is 762 g/mol. The number of hydrogen-bond acceptors (Lipinski definition) is 18. The number of aliphatic carboxylic acids is 1. The van der Waals surface area contributed by atoms with E-state index >= 15 is 0 Å². The lowest BCUT2D eigenvalue weighted by atomic mass is 10.1. The van der Waals surface area contributed by atoms with E-state index in [9.17, 15) is 9.90 Å². The van der Waals surface area contributed by atoms with Crippen LogP contribution in [-0.2, 0) is 23.5 Å². The monoisotopic (exact) mass is 761 g/mol. The Morgan fingerprint density at radius 2 is 1.43 bits per heavy atom. The highest BCUT2D eigenvalue weighted by Crippen LogP contribution is 2.45. The van der Waals surface area contributed by atoms with Gasteiger partial charge >= 0.3 is 5.97 Å². The van der Waals surface area contributed by atoms with Gasteiger partial charge in [0.1, 0.15) is 17.1 Å². The number of azo groups is 3. The number of aryl methyl sites for hydroxylation is 2. The molecule has 0 radical (unpaired) electrons. The van der Waals surface area contributed by atoms with Crippen LogP contribution in [-0.4, -0.2) is 40.4 Å². The van der Waals surface area contributed by atoms with Crippen molar-refractivity contribution in [3.8, 4) is 11.5 Å². The number of carboxylic acid groups (broad SMARTS) is 1. The summed E-state index contributed by atoms with van der Waals surface area (Å²) in [5, 5.41) is 74.7. The van der Waals surface area contributed by atoms with Crippen molar-refractivity contribution in [2.24, 2.45) is 30.7 Å². The van der Waals surface area contributed by atoms with Gasteiger partial charge in [0.25, 0.3) is 0 Å². The number of hydrogen-bond donors (Lipinski definition) is 5. The molecule has 5 aromatic rings. The van der Waals surface area contributed by atoms with Crippen LogP contribution in [0.2, 0.25) is 0 Å². The quantitative estimate of drug-likeness (QED) is 0.0257. The minimum atomic E-state index is -0.938. The van der Waals surface area contributed by atoms with Crippen molar-refractivity contribution in [3.05, 3.63) is 90.0 Å². The maximum Gasteiger partial charge on any atom is 0.305 e. The molecule has 0 atom stereocenters. The Bertz CT molecular complexity index is 2190. The number of nitrogens with zero attached hydrogens (tertiary/aromatic N) is 6. The van der Waals surface area contributed by atoms with E-state index in [2.05, 4.69) is 54.7 Å². The summed E-state index contributed by atoms with van der Waals surface area (Å²) in [6.45, 7) is 3.91. The largest absolute Gasteiger partial charge is 0.505 e. The predicted molar refractivity (Wildman–Crippen MR) is 196 cm³/mol. The molecule has 5 aromatic carbocycles. The number of phenolic OH excluding ortho intramolecular Hbond substituents is 1. The SMILES string of the molecule is COc1cc(N=Nc2cc(SOOO)ccc2C)ccc1N=Nc1ccc(N=Nc2c(SOOO)cc3ccc(NCCC(=O)O)cc3c2O)cc1C. The Morgan fingerprint density at radius 3 is 2.17 bits per heavy atom. The summed E-state index contributed by atoms with van der Waals surface area (Å²) >= 11 is 1.44. The summed E-state index contributed by atoms with van der Waals surface area (Å²) in [4.78, 5) is 11.8. The molecule has 0 fully saturated rings. The second-order valence-electron chi connectivity index (χ2n) is 10.9. The molecule has 0 bridgehead atoms. The van der Waals surface area contributed by atoms with Crippen LogP contribution in [0.1, 0.15) is 17.5 Å². The Kier molecular flexibility index (Phi) is 13.7. The number of fused-ring (bicyclic) bond motifs is 1. The number of phenols is 1. The summed E-state index contributed by atoms with van der Waals surface area (Å²) in [7, 11) is 1.51. The van der Waals surface area contributed by atoms with E-state index in [0.717, 1.165) is 23.2 Å². The molecule has 17 nitrogen and oxygen atoms in total. The molecule has 0 unspecified atom stereocenters. The van der Waals surface area contributed by atoms with Gasteiger partial charge in [-0.2, -0.15) is 20.5 Å². The van der Waals surface area contributed by atoms with E-state index < -0.39 is 5.97 Å². The molecule has 0 aliphatic heterocycles. The van der Waals surface area contributed by atoms with Crippen LogP contribution >= 0.6 is 24.1 Å². The highest BCUT2D eigenvalue weighted by atomic mass is 32.2. The van der Waals surface area contributed by atoms with Crippen molar-refractivity contribution in [3.63, 3.8) is 0 Å². The molecule has 53 heavy (non-hydrogen) atoms. The Hall–Kier alpha value is -5.51. The van der Waals surface area contributed by atoms with Crippen LogP contribution in [0.5, 0.6) is 11.5 Å². The van der Waals surface area contributed by atoms with Crippen LogP contribution < -0.4 is 10.1 Å². The third-order valence-corrected chi connectivity index (χ3v) is 8.56. The smallest absolute Gasteiger partial charge is 0.305 e. The lowest BCUT2D eigenvalue weighted by Crippen LogP contribution is -2.07. The summed E-state index contributed by atoms with van der Waals surface area (Å²) < 4.78 is 14.6. The number of aromatic hydroxyl groups is 1. The molecule has 0 aromatic heterocycles. The van der Waals surface area contributed by atoms with E-state index in [1.165, 1.54) is 7.11 Å². The molecule has 19 heteroatoms. The third kappa shape index (κ3) is 10.5. The summed E-state index contributed by atoms with van der Waals surface area (Å²) in [5.74, 6) is -0.735. The maximum absolute atomic E-state index is 11.2. The van der Waals surface area contributed by atoms with Gasteiger partial charge in [-0.3, -0.25) is 4.79 Å². The van der Waals surface area contributed by atoms with E-state index in [-0.39, 0.29) is 24.4 Å². The minimum absolute atomic E-state index is 0.0455. The lowest BCUT2D eigenvalue weighted by Gasteiger charge is -2.11. The van der Waals surface area contributed by atoms with Gasteiger partial charge in [-0.05, 0) is 91.0 Å². The number of nitrogens with one attached hydrogen (secondary N) is 1. The van der Waals surface area contributed by atoms with Gasteiger partial charge < -0.3 is 20.3 Å². The first-order valence-corrected chi connectivity index (χ1v) is 16.9. The molecule has 5 rings (SSSR count). The molecule has 0 saturated heterocycles. The zero-order chi connectivity index (χ0) is 37.7. The van der Waals surface area contributed by atoms with Gasteiger partial charge in [-0.1, -0.05) is 22.2 Å². The zero-order valence-electron chi connectivity index (χ0n) is 28.2. The fourth-order valence-corrected chi connectivity index (χ4v) is 5.62. The Morgan fingerprint density at radius 1 is 0.736 bits per heavy atom.